The first-order chi connectivity index (χ1) is 14.7. The van der Waals surface area contributed by atoms with E-state index in [1.807, 2.05) is 13.8 Å². The van der Waals surface area contributed by atoms with Crippen molar-refractivity contribution in [1.82, 2.24) is 0 Å². The van der Waals surface area contributed by atoms with Crippen LogP contribution in [0.1, 0.15) is 18.1 Å². The molecule has 0 fully saturated rings. The van der Waals surface area contributed by atoms with Crippen LogP contribution < -0.4 is 9.04 Å². The van der Waals surface area contributed by atoms with Crippen molar-refractivity contribution in [3.05, 3.63) is 87.9 Å². The van der Waals surface area contributed by atoms with Crippen molar-refractivity contribution in [2.24, 2.45) is 0 Å². The Morgan fingerprint density at radius 3 is 2.23 bits per heavy atom. The molecule has 0 atom stereocenters. The van der Waals surface area contributed by atoms with Gasteiger partial charge in [-0.25, -0.2) is 8.42 Å². The number of anilines is 1. The van der Waals surface area contributed by atoms with E-state index in [0.717, 1.165) is 21.9 Å². The third kappa shape index (κ3) is 5.39. The van der Waals surface area contributed by atoms with E-state index in [4.69, 9.17) is 27.9 Å². The lowest BCUT2D eigenvalue weighted by Crippen LogP contribution is -2.40. The van der Waals surface area contributed by atoms with Gasteiger partial charge in [0, 0.05) is 11.1 Å². The molecule has 5 nitrogen and oxygen atoms in total. The highest BCUT2D eigenvalue weighted by Crippen LogP contribution is 2.29. The second-order valence-corrected chi connectivity index (χ2v) is 9.49. The van der Waals surface area contributed by atoms with Crippen LogP contribution in [0.25, 0.3) is 0 Å². The monoisotopic (exact) mass is 477 g/mol. The summed E-state index contributed by atoms with van der Waals surface area (Å²) in [5.74, 6) is -0.572. The molecule has 31 heavy (non-hydrogen) atoms. The average Bonchev–Trinajstić information content (AvgIpc) is 2.75. The van der Waals surface area contributed by atoms with Crippen molar-refractivity contribution < 1.29 is 17.9 Å². The van der Waals surface area contributed by atoms with Gasteiger partial charge in [0.2, 0.25) is 0 Å². The van der Waals surface area contributed by atoms with Gasteiger partial charge < -0.3 is 4.74 Å². The standard InChI is InChI=1S/C23H21Cl2NO4S/c1-3-17-6-9-19(10-7-17)26(31(28,29)20-11-4-16(2)5-12-20)23(27)15-30-22-14-18(24)8-13-21(22)25/h4-14H,3,15H2,1-2H3. The van der Waals surface area contributed by atoms with Gasteiger partial charge in [0.15, 0.2) is 6.61 Å². The average molecular weight is 478 g/mol. The molecule has 0 unspecified atom stereocenters. The number of nitrogens with zero attached hydrogens (tertiary/aromatic N) is 1. The Morgan fingerprint density at radius 1 is 0.968 bits per heavy atom. The molecule has 0 saturated heterocycles. The summed E-state index contributed by atoms with van der Waals surface area (Å²) in [5, 5.41) is 0.642. The van der Waals surface area contributed by atoms with Crippen LogP contribution >= 0.6 is 23.2 Å². The first-order valence-corrected chi connectivity index (χ1v) is 11.7. The second kappa shape index (κ2) is 9.73. The Morgan fingerprint density at radius 2 is 1.61 bits per heavy atom. The number of halogens is 2. The molecule has 8 heteroatoms. The number of hydrogen-bond donors (Lipinski definition) is 0. The maximum absolute atomic E-state index is 13.4. The van der Waals surface area contributed by atoms with Crippen molar-refractivity contribution in [3.63, 3.8) is 0 Å². The highest BCUT2D eigenvalue weighted by Gasteiger charge is 2.31. The Labute approximate surface area is 192 Å². The van der Waals surface area contributed by atoms with Crippen LogP contribution in [0.3, 0.4) is 0 Å². The van der Waals surface area contributed by atoms with E-state index >= 15 is 0 Å². The Kier molecular flexibility index (Phi) is 7.26. The van der Waals surface area contributed by atoms with Gasteiger partial charge in [-0.3, -0.25) is 4.79 Å². The number of rotatable bonds is 7. The zero-order valence-electron chi connectivity index (χ0n) is 17.0. The molecule has 0 aliphatic carbocycles. The summed E-state index contributed by atoms with van der Waals surface area (Å²) in [5.41, 5.74) is 2.15. The molecule has 0 bridgehead atoms. The van der Waals surface area contributed by atoms with Crippen LogP contribution in [0, 0.1) is 6.92 Å². The lowest BCUT2D eigenvalue weighted by molar-refractivity contribution is -0.119. The van der Waals surface area contributed by atoms with Crippen molar-refractivity contribution in [1.29, 1.82) is 0 Å². The van der Waals surface area contributed by atoms with Gasteiger partial charge in [0.1, 0.15) is 5.75 Å². The number of benzene rings is 3. The lowest BCUT2D eigenvalue weighted by Gasteiger charge is -2.23. The predicted octanol–water partition coefficient (Wildman–Crippen LogP) is 5.67. The van der Waals surface area contributed by atoms with Gasteiger partial charge in [-0.2, -0.15) is 4.31 Å². The molecule has 0 saturated carbocycles. The fourth-order valence-electron chi connectivity index (χ4n) is 2.89. The van der Waals surface area contributed by atoms with Crippen LogP contribution in [0.4, 0.5) is 5.69 Å². The van der Waals surface area contributed by atoms with Gasteiger partial charge in [0.25, 0.3) is 15.9 Å². The van der Waals surface area contributed by atoms with E-state index in [1.165, 1.54) is 24.3 Å². The summed E-state index contributed by atoms with van der Waals surface area (Å²) in [6, 6.07) is 17.7. The minimum absolute atomic E-state index is 0.00630. The van der Waals surface area contributed by atoms with Crippen LogP contribution in [0.2, 0.25) is 10.0 Å². The molecule has 0 heterocycles. The van der Waals surface area contributed by atoms with Crippen LogP contribution in [-0.2, 0) is 21.2 Å². The number of hydrogen-bond acceptors (Lipinski definition) is 4. The zero-order chi connectivity index (χ0) is 22.6. The second-order valence-electron chi connectivity index (χ2n) is 6.86. The predicted molar refractivity (Wildman–Crippen MR) is 124 cm³/mol. The topological polar surface area (TPSA) is 63.7 Å². The van der Waals surface area contributed by atoms with Gasteiger partial charge in [0.05, 0.1) is 15.6 Å². The molecule has 0 aliphatic heterocycles. The molecule has 0 aliphatic rings. The van der Waals surface area contributed by atoms with Crippen molar-refractivity contribution in [2.45, 2.75) is 25.2 Å². The molecular weight excluding hydrogens is 457 g/mol. The van der Waals surface area contributed by atoms with Crippen molar-refractivity contribution in [3.8, 4) is 5.75 Å². The van der Waals surface area contributed by atoms with Crippen molar-refractivity contribution >= 4 is 44.8 Å². The number of aryl methyl sites for hydroxylation is 2. The van der Waals surface area contributed by atoms with E-state index in [2.05, 4.69) is 0 Å². The van der Waals surface area contributed by atoms with Crippen LogP contribution in [-0.4, -0.2) is 20.9 Å². The van der Waals surface area contributed by atoms with E-state index < -0.39 is 22.5 Å². The zero-order valence-corrected chi connectivity index (χ0v) is 19.3. The number of ether oxygens (including phenoxy) is 1. The Hall–Kier alpha value is -2.54. The number of sulfonamides is 1. The van der Waals surface area contributed by atoms with E-state index in [0.29, 0.717) is 5.02 Å². The van der Waals surface area contributed by atoms with Gasteiger partial charge in [-0.15, -0.1) is 0 Å². The van der Waals surface area contributed by atoms with Crippen molar-refractivity contribution in [2.75, 3.05) is 10.9 Å². The molecular formula is C23H21Cl2NO4S. The highest BCUT2D eigenvalue weighted by atomic mass is 35.5. The van der Waals surface area contributed by atoms with Crippen LogP contribution in [0.15, 0.2) is 71.6 Å². The molecule has 162 valence electrons. The molecule has 0 N–H and O–H groups in total. The minimum atomic E-state index is -4.17. The highest BCUT2D eigenvalue weighted by molar-refractivity contribution is 7.93. The van der Waals surface area contributed by atoms with E-state index in [1.54, 1.807) is 42.5 Å². The lowest BCUT2D eigenvalue weighted by atomic mass is 10.1. The summed E-state index contributed by atoms with van der Waals surface area (Å²) in [6.45, 7) is 3.30. The molecule has 3 aromatic carbocycles. The summed E-state index contributed by atoms with van der Waals surface area (Å²) in [7, 11) is -4.17. The number of carbonyl (C=O) groups excluding carboxylic acids is 1. The fraction of sp³-hybridized carbons (Fsp3) is 0.174. The van der Waals surface area contributed by atoms with E-state index in [-0.39, 0.29) is 21.4 Å². The Bertz CT molecular complexity index is 1180. The quantitative estimate of drug-likeness (QED) is 0.439. The van der Waals surface area contributed by atoms with E-state index in [9.17, 15) is 13.2 Å². The maximum atomic E-state index is 13.4. The molecule has 0 aromatic heterocycles. The summed E-state index contributed by atoms with van der Waals surface area (Å²) in [4.78, 5) is 13.1. The number of carbonyl (C=O) groups is 1. The normalized spacial score (nSPS) is 11.2. The summed E-state index contributed by atoms with van der Waals surface area (Å²) in [6.07, 6.45) is 0.787. The molecule has 0 radical (unpaired) electrons. The SMILES string of the molecule is CCc1ccc(N(C(=O)COc2cc(Cl)ccc2Cl)S(=O)(=O)c2ccc(C)cc2)cc1. The molecule has 1 amide bonds. The number of amides is 1. The summed E-state index contributed by atoms with van der Waals surface area (Å²) >= 11 is 12.0. The van der Waals surface area contributed by atoms with Gasteiger partial charge in [-0.1, -0.05) is 60.0 Å². The third-order valence-electron chi connectivity index (χ3n) is 4.61. The molecule has 3 rings (SSSR count). The third-order valence-corrected chi connectivity index (χ3v) is 6.92. The van der Waals surface area contributed by atoms with Gasteiger partial charge >= 0.3 is 0 Å². The molecule has 3 aromatic rings. The Balaban J connectivity index is 1.97. The first kappa shape index (κ1) is 23.1. The first-order valence-electron chi connectivity index (χ1n) is 9.54. The summed E-state index contributed by atoms with van der Waals surface area (Å²) < 4.78 is 33.0. The minimum Gasteiger partial charge on any atom is -0.482 e. The van der Waals surface area contributed by atoms with Crippen LogP contribution in [0.5, 0.6) is 5.75 Å². The maximum Gasteiger partial charge on any atom is 0.278 e. The molecule has 0 spiro atoms. The fourth-order valence-corrected chi connectivity index (χ4v) is 4.63. The van der Waals surface area contributed by atoms with Gasteiger partial charge in [-0.05, 0) is 55.3 Å². The largest absolute Gasteiger partial charge is 0.482 e. The smallest absolute Gasteiger partial charge is 0.278 e.